The quantitative estimate of drug-likeness (QED) is 0.771. The Morgan fingerprint density at radius 2 is 2.13 bits per heavy atom. The molecule has 0 bridgehead atoms. The van der Waals surface area contributed by atoms with Gasteiger partial charge in [-0.15, -0.1) is 0 Å². The van der Waals surface area contributed by atoms with Crippen LogP contribution in [-0.4, -0.2) is 44.6 Å². The number of aryl methyl sites for hydroxylation is 2. The predicted octanol–water partition coefficient (Wildman–Crippen LogP) is 2.06. The zero-order valence-corrected chi connectivity index (χ0v) is 14.1. The molecule has 2 rings (SSSR count). The summed E-state index contributed by atoms with van der Waals surface area (Å²) in [5.74, 6) is 0.297. The van der Waals surface area contributed by atoms with Crippen molar-refractivity contribution in [1.29, 1.82) is 0 Å². The van der Waals surface area contributed by atoms with Crippen LogP contribution in [0, 0.1) is 6.92 Å². The minimum absolute atomic E-state index is 0.226. The lowest BCUT2D eigenvalue weighted by Crippen LogP contribution is -2.41. The zero-order valence-electron chi connectivity index (χ0n) is 13.3. The maximum absolute atomic E-state index is 12.0. The third-order valence-electron chi connectivity index (χ3n) is 3.65. The molecule has 0 spiro atoms. The molecular formula is C16H21N3O3S. The normalized spacial score (nSPS) is 12.3. The van der Waals surface area contributed by atoms with Gasteiger partial charge in [-0.05, 0) is 37.5 Å². The number of carboxylic acids is 1. The van der Waals surface area contributed by atoms with E-state index in [4.69, 9.17) is 5.11 Å². The number of amides is 1. The van der Waals surface area contributed by atoms with Crippen LogP contribution in [0.4, 0.5) is 0 Å². The molecule has 1 aromatic carbocycles. The summed E-state index contributed by atoms with van der Waals surface area (Å²) >= 11 is 1.56. The molecule has 1 atom stereocenters. The van der Waals surface area contributed by atoms with Crippen LogP contribution in [0.5, 0.6) is 0 Å². The number of para-hydroxylation sites is 2. The van der Waals surface area contributed by atoms with Crippen molar-refractivity contribution < 1.29 is 14.7 Å². The van der Waals surface area contributed by atoms with Gasteiger partial charge in [0.2, 0.25) is 5.91 Å². The smallest absolute Gasteiger partial charge is 0.326 e. The van der Waals surface area contributed by atoms with Crippen molar-refractivity contribution in [3.05, 3.63) is 30.1 Å². The van der Waals surface area contributed by atoms with Crippen molar-refractivity contribution in [1.82, 2.24) is 14.9 Å². The Morgan fingerprint density at radius 1 is 1.39 bits per heavy atom. The van der Waals surface area contributed by atoms with E-state index in [1.165, 1.54) is 0 Å². The fourth-order valence-electron chi connectivity index (χ4n) is 2.45. The summed E-state index contributed by atoms with van der Waals surface area (Å²) < 4.78 is 1.98. The van der Waals surface area contributed by atoms with Crippen LogP contribution >= 0.6 is 11.8 Å². The number of carboxylic acid groups (broad SMARTS) is 1. The van der Waals surface area contributed by atoms with E-state index < -0.39 is 12.0 Å². The molecule has 0 radical (unpaired) electrons. The molecular weight excluding hydrogens is 314 g/mol. The number of aromatic nitrogens is 2. The third-order valence-corrected chi connectivity index (χ3v) is 4.30. The number of hydrogen-bond donors (Lipinski definition) is 2. The highest BCUT2D eigenvalue weighted by atomic mass is 32.2. The SMILES string of the molecule is CSCC[C@H](NC(=O)CCn1c(C)nc2ccccc21)C(=O)O. The van der Waals surface area contributed by atoms with Gasteiger partial charge in [0.1, 0.15) is 11.9 Å². The second kappa shape index (κ2) is 8.01. The average molecular weight is 335 g/mol. The lowest BCUT2D eigenvalue weighted by molar-refractivity contribution is -0.141. The monoisotopic (exact) mass is 335 g/mol. The summed E-state index contributed by atoms with van der Waals surface area (Å²) in [4.78, 5) is 27.7. The highest BCUT2D eigenvalue weighted by molar-refractivity contribution is 7.98. The molecule has 2 N–H and O–H groups in total. The summed E-state index contributed by atoms with van der Waals surface area (Å²) in [5, 5.41) is 11.7. The van der Waals surface area contributed by atoms with Crippen LogP contribution in [0.1, 0.15) is 18.7 Å². The van der Waals surface area contributed by atoms with Crippen molar-refractivity contribution in [2.24, 2.45) is 0 Å². The number of aliphatic carboxylic acids is 1. The summed E-state index contributed by atoms with van der Waals surface area (Å²) in [5.41, 5.74) is 1.88. The Kier molecular flexibility index (Phi) is 6.04. The molecule has 7 heteroatoms. The van der Waals surface area contributed by atoms with Crippen LogP contribution in [0.15, 0.2) is 24.3 Å². The van der Waals surface area contributed by atoms with Gasteiger partial charge in [0.25, 0.3) is 0 Å². The number of carbonyl (C=O) groups is 2. The number of hydrogen-bond acceptors (Lipinski definition) is 4. The molecule has 0 aliphatic heterocycles. The van der Waals surface area contributed by atoms with E-state index in [-0.39, 0.29) is 12.3 Å². The molecule has 0 saturated carbocycles. The molecule has 124 valence electrons. The number of carbonyl (C=O) groups excluding carboxylic acids is 1. The Balaban J connectivity index is 1.97. The van der Waals surface area contributed by atoms with Crippen LogP contribution in [0.2, 0.25) is 0 Å². The first kappa shape index (κ1) is 17.3. The minimum atomic E-state index is -0.989. The van der Waals surface area contributed by atoms with Crippen molar-refractivity contribution in [3.8, 4) is 0 Å². The summed E-state index contributed by atoms with van der Waals surface area (Å²) in [6.45, 7) is 2.38. The van der Waals surface area contributed by atoms with Gasteiger partial charge in [0, 0.05) is 13.0 Å². The van der Waals surface area contributed by atoms with E-state index >= 15 is 0 Å². The number of imidazole rings is 1. The van der Waals surface area contributed by atoms with Gasteiger partial charge in [-0.25, -0.2) is 9.78 Å². The Labute approximate surface area is 139 Å². The van der Waals surface area contributed by atoms with Crippen molar-refractivity contribution in [3.63, 3.8) is 0 Å². The maximum atomic E-state index is 12.0. The second-order valence-electron chi connectivity index (χ2n) is 5.29. The molecule has 2 aromatic rings. The third kappa shape index (κ3) is 4.48. The zero-order chi connectivity index (χ0) is 16.8. The number of fused-ring (bicyclic) bond motifs is 1. The average Bonchev–Trinajstić information content (AvgIpc) is 2.84. The van der Waals surface area contributed by atoms with Gasteiger partial charge in [-0.2, -0.15) is 11.8 Å². The van der Waals surface area contributed by atoms with Crippen LogP contribution in [0.25, 0.3) is 11.0 Å². The van der Waals surface area contributed by atoms with E-state index in [1.54, 1.807) is 11.8 Å². The molecule has 0 fully saturated rings. The first-order valence-corrected chi connectivity index (χ1v) is 8.85. The molecule has 0 aliphatic rings. The van der Waals surface area contributed by atoms with Crippen LogP contribution < -0.4 is 5.32 Å². The van der Waals surface area contributed by atoms with Gasteiger partial charge < -0.3 is 15.0 Å². The number of nitrogens with zero attached hydrogens (tertiary/aromatic N) is 2. The van der Waals surface area contributed by atoms with Gasteiger partial charge in [0.05, 0.1) is 11.0 Å². The van der Waals surface area contributed by atoms with Crippen molar-refractivity contribution in [2.45, 2.75) is 32.4 Å². The first-order chi connectivity index (χ1) is 11.0. The Hall–Kier alpha value is -2.02. The molecule has 23 heavy (non-hydrogen) atoms. The standard InChI is InChI=1S/C16H21N3O3S/c1-11-17-12-5-3-4-6-14(12)19(11)9-7-15(20)18-13(16(21)22)8-10-23-2/h3-6,13H,7-10H2,1-2H3,(H,18,20)(H,21,22)/t13-/m0/s1. The summed E-state index contributed by atoms with van der Waals surface area (Å²) in [6, 6.07) is 6.93. The maximum Gasteiger partial charge on any atom is 0.326 e. The molecule has 6 nitrogen and oxygen atoms in total. The molecule has 0 aliphatic carbocycles. The predicted molar refractivity (Wildman–Crippen MR) is 91.7 cm³/mol. The number of benzene rings is 1. The molecule has 1 aromatic heterocycles. The van der Waals surface area contributed by atoms with Crippen LogP contribution in [-0.2, 0) is 16.1 Å². The Bertz CT molecular complexity index is 699. The summed E-state index contributed by atoms with van der Waals surface area (Å²) in [6.07, 6.45) is 2.56. The van der Waals surface area contributed by atoms with Gasteiger partial charge in [0.15, 0.2) is 0 Å². The van der Waals surface area contributed by atoms with E-state index in [2.05, 4.69) is 10.3 Å². The van der Waals surface area contributed by atoms with Gasteiger partial charge >= 0.3 is 5.97 Å². The topological polar surface area (TPSA) is 84.2 Å². The largest absolute Gasteiger partial charge is 0.480 e. The van der Waals surface area contributed by atoms with Crippen molar-refractivity contribution in [2.75, 3.05) is 12.0 Å². The van der Waals surface area contributed by atoms with Gasteiger partial charge in [-0.3, -0.25) is 4.79 Å². The highest BCUT2D eigenvalue weighted by Crippen LogP contribution is 2.15. The van der Waals surface area contributed by atoms with E-state index in [1.807, 2.05) is 42.0 Å². The number of nitrogens with one attached hydrogen (secondary N) is 1. The minimum Gasteiger partial charge on any atom is -0.480 e. The van der Waals surface area contributed by atoms with Crippen LogP contribution in [0.3, 0.4) is 0 Å². The van der Waals surface area contributed by atoms with E-state index in [9.17, 15) is 9.59 Å². The number of thioether (sulfide) groups is 1. The van der Waals surface area contributed by atoms with Gasteiger partial charge in [-0.1, -0.05) is 12.1 Å². The second-order valence-corrected chi connectivity index (χ2v) is 6.27. The van der Waals surface area contributed by atoms with E-state index in [0.29, 0.717) is 18.7 Å². The van der Waals surface area contributed by atoms with E-state index in [0.717, 1.165) is 16.9 Å². The summed E-state index contributed by atoms with van der Waals surface area (Å²) in [7, 11) is 0. The number of rotatable bonds is 8. The van der Waals surface area contributed by atoms with Crippen molar-refractivity contribution >= 4 is 34.7 Å². The molecule has 1 amide bonds. The Morgan fingerprint density at radius 3 is 2.83 bits per heavy atom. The molecule has 0 saturated heterocycles. The lowest BCUT2D eigenvalue weighted by Gasteiger charge is -2.14. The fourth-order valence-corrected chi connectivity index (χ4v) is 2.92. The molecule has 1 heterocycles. The fraction of sp³-hybridized carbons (Fsp3) is 0.438. The molecule has 0 unspecified atom stereocenters. The lowest BCUT2D eigenvalue weighted by atomic mass is 10.2. The first-order valence-electron chi connectivity index (χ1n) is 7.46. The highest BCUT2D eigenvalue weighted by Gasteiger charge is 2.19.